The van der Waals surface area contributed by atoms with E-state index in [0.29, 0.717) is 5.82 Å². The van der Waals surface area contributed by atoms with Gasteiger partial charge in [0.05, 0.1) is 12.6 Å². The number of nitrogens with two attached hydrogens (primary N) is 1. The first-order valence-electron chi connectivity index (χ1n) is 5.40. The van der Waals surface area contributed by atoms with Gasteiger partial charge in [-0.05, 0) is 18.9 Å². The largest absolute Gasteiger partial charge is 0.394 e. The van der Waals surface area contributed by atoms with E-state index < -0.39 is 0 Å². The number of hydrogen-bond acceptors (Lipinski definition) is 4. The molecule has 0 saturated carbocycles. The Morgan fingerprint density at radius 2 is 2.50 bits per heavy atom. The van der Waals surface area contributed by atoms with Crippen LogP contribution in [0.4, 0.5) is 5.82 Å². The molecule has 2 heterocycles. The fraction of sp³-hybridized carbons (Fsp3) is 0.600. The molecule has 0 radical (unpaired) electrons. The number of carbonyl (C=O) groups excluding carboxylic acids is 1. The van der Waals surface area contributed by atoms with Gasteiger partial charge in [0.1, 0.15) is 12.4 Å². The summed E-state index contributed by atoms with van der Waals surface area (Å²) in [5.74, 6) is 0.396. The van der Waals surface area contributed by atoms with E-state index in [2.05, 4.69) is 5.10 Å². The second-order valence-corrected chi connectivity index (χ2v) is 4.00. The minimum atomic E-state index is -0.0274. The third kappa shape index (κ3) is 2.16. The van der Waals surface area contributed by atoms with E-state index in [1.165, 1.54) is 4.68 Å². The number of anilines is 1. The van der Waals surface area contributed by atoms with Crippen molar-refractivity contribution >= 4 is 11.7 Å². The van der Waals surface area contributed by atoms with Crippen LogP contribution < -0.4 is 5.73 Å². The van der Waals surface area contributed by atoms with E-state index in [0.717, 1.165) is 19.4 Å². The quantitative estimate of drug-likeness (QED) is 0.721. The molecule has 1 aliphatic heterocycles. The van der Waals surface area contributed by atoms with Gasteiger partial charge in [-0.2, -0.15) is 5.10 Å². The van der Waals surface area contributed by atoms with Crippen molar-refractivity contribution in [3.63, 3.8) is 0 Å². The lowest BCUT2D eigenvalue weighted by Crippen LogP contribution is -2.39. The first-order chi connectivity index (χ1) is 7.70. The third-order valence-electron chi connectivity index (χ3n) is 2.87. The predicted octanol–water partition coefficient (Wildman–Crippen LogP) is -0.551. The Bertz CT molecular complexity index is 377. The average molecular weight is 224 g/mol. The number of carbonyl (C=O) groups is 1. The minimum Gasteiger partial charge on any atom is -0.394 e. The molecule has 0 bridgehead atoms. The van der Waals surface area contributed by atoms with Crippen LogP contribution >= 0.6 is 0 Å². The van der Waals surface area contributed by atoms with E-state index in [1.54, 1.807) is 17.2 Å². The number of amides is 1. The van der Waals surface area contributed by atoms with Crippen molar-refractivity contribution < 1.29 is 9.90 Å². The van der Waals surface area contributed by atoms with E-state index in [9.17, 15) is 4.79 Å². The maximum Gasteiger partial charge on any atom is 0.244 e. The summed E-state index contributed by atoms with van der Waals surface area (Å²) in [5, 5.41) is 13.1. The molecule has 6 nitrogen and oxygen atoms in total. The lowest BCUT2D eigenvalue weighted by atomic mass is 10.2. The van der Waals surface area contributed by atoms with Gasteiger partial charge in [-0.25, -0.2) is 0 Å². The first-order valence-corrected chi connectivity index (χ1v) is 5.40. The van der Waals surface area contributed by atoms with Gasteiger partial charge >= 0.3 is 0 Å². The molecule has 1 amide bonds. The van der Waals surface area contributed by atoms with Gasteiger partial charge in [0.25, 0.3) is 0 Å². The zero-order valence-corrected chi connectivity index (χ0v) is 9.04. The molecule has 0 aromatic carbocycles. The topological polar surface area (TPSA) is 84.4 Å². The highest BCUT2D eigenvalue weighted by molar-refractivity contribution is 5.76. The highest BCUT2D eigenvalue weighted by Crippen LogP contribution is 2.17. The highest BCUT2D eigenvalue weighted by atomic mass is 16.3. The molecule has 16 heavy (non-hydrogen) atoms. The van der Waals surface area contributed by atoms with Crippen LogP contribution in [-0.2, 0) is 11.3 Å². The summed E-state index contributed by atoms with van der Waals surface area (Å²) < 4.78 is 1.52. The summed E-state index contributed by atoms with van der Waals surface area (Å²) >= 11 is 0. The molecular weight excluding hydrogens is 208 g/mol. The van der Waals surface area contributed by atoms with Gasteiger partial charge < -0.3 is 15.7 Å². The number of rotatable bonds is 3. The third-order valence-corrected chi connectivity index (χ3v) is 2.87. The van der Waals surface area contributed by atoms with Crippen molar-refractivity contribution in [1.29, 1.82) is 0 Å². The summed E-state index contributed by atoms with van der Waals surface area (Å²) in [6, 6.07) is 1.63. The van der Waals surface area contributed by atoms with Gasteiger partial charge in [0.2, 0.25) is 5.91 Å². The number of nitrogen functional groups attached to an aromatic ring is 1. The van der Waals surface area contributed by atoms with Gasteiger partial charge in [0, 0.05) is 12.7 Å². The predicted molar refractivity (Wildman–Crippen MR) is 58.5 cm³/mol. The van der Waals surface area contributed by atoms with Crippen LogP contribution in [0.25, 0.3) is 0 Å². The maximum atomic E-state index is 11.9. The summed E-state index contributed by atoms with van der Waals surface area (Å²) in [4.78, 5) is 13.6. The van der Waals surface area contributed by atoms with Gasteiger partial charge in [-0.3, -0.25) is 9.48 Å². The number of nitrogens with zero attached hydrogens (tertiary/aromatic N) is 3. The van der Waals surface area contributed by atoms with E-state index in [-0.39, 0.29) is 25.1 Å². The van der Waals surface area contributed by atoms with E-state index in [4.69, 9.17) is 10.8 Å². The van der Waals surface area contributed by atoms with Gasteiger partial charge in [-0.15, -0.1) is 0 Å². The van der Waals surface area contributed by atoms with Crippen molar-refractivity contribution in [3.05, 3.63) is 12.3 Å². The molecule has 1 aromatic rings. The van der Waals surface area contributed by atoms with Crippen molar-refractivity contribution in [2.75, 3.05) is 18.9 Å². The number of aliphatic hydroxyl groups excluding tert-OH is 1. The summed E-state index contributed by atoms with van der Waals surface area (Å²) in [7, 11) is 0. The molecule has 3 N–H and O–H groups in total. The molecule has 2 rings (SSSR count). The summed E-state index contributed by atoms with van der Waals surface area (Å²) in [5.41, 5.74) is 5.46. The molecule has 1 aromatic heterocycles. The molecule has 0 unspecified atom stereocenters. The molecule has 1 atom stereocenters. The lowest BCUT2D eigenvalue weighted by molar-refractivity contribution is -0.133. The van der Waals surface area contributed by atoms with Crippen LogP contribution in [0.3, 0.4) is 0 Å². The number of aromatic nitrogens is 2. The average Bonchev–Trinajstić information content (AvgIpc) is 2.86. The van der Waals surface area contributed by atoms with E-state index >= 15 is 0 Å². The normalized spacial score (nSPS) is 20.3. The molecule has 1 aliphatic rings. The van der Waals surface area contributed by atoms with Crippen molar-refractivity contribution in [2.45, 2.75) is 25.4 Å². The van der Waals surface area contributed by atoms with Crippen LogP contribution in [0, 0.1) is 0 Å². The zero-order chi connectivity index (χ0) is 11.5. The molecule has 88 valence electrons. The van der Waals surface area contributed by atoms with Crippen LogP contribution in [0.5, 0.6) is 0 Å². The molecule has 0 aliphatic carbocycles. The fourth-order valence-electron chi connectivity index (χ4n) is 2.05. The SMILES string of the molecule is Nc1ccn(CC(=O)N2CCC[C@@H]2CO)n1. The molecule has 0 spiro atoms. The van der Waals surface area contributed by atoms with Crippen molar-refractivity contribution in [1.82, 2.24) is 14.7 Å². The van der Waals surface area contributed by atoms with Crippen molar-refractivity contribution in [2.24, 2.45) is 0 Å². The molecular formula is C10H16N4O2. The second kappa shape index (κ2) is 4.52. The summed E-state index contributed by atoms with van der Waals surface area (Å²) in [6.07, 6.45) is 3.51. The van der Waals surface area contributed by atoms with Crippen LogP contribution in [0.1, 0.15) is 12.8 Å². The smallest absolute Gasteiger partial charge is 0.244 e. The Morgan fingerprint density at radius 1 is 1.69 bits per heavy atom. The second-order valence-electron chi connectivity index (χ2n) is 4.00. The number of likely N-dealkylation sites (tertiary alicyclic amines) is 1. The molecule has 1 saturated heterocycles. The van der Waals surface area contributed by atoms with Crippen LogP contribution in [-0.4, -0.2) is 44.9 Å². The maximum absolute atomic E-state index is 11.9. The Labute approximate surface area is 93.6 Å². The van der Waals surface area contributed by atoms with Crippen LogP contribution in [0.15, 0.2) is 12.3 Å². The highest BCUT2D eigenvalue weighted by Gasteiger charge is 2.27. The Morgan fingerprint density at radius 3 is 3.12 bits per heavy atom. The Kier molecular flexibility index (Phi) is 3.09. The minimum absolute atomic E-state index is 0.0142. The fourth-order valence-corrected chi connectivity index (χ4v) is 2.05. The lowest BCUT2D eigenvalue weighted by Gasteiger charge is -2.22. The monoisotopic (exact) mass is 224 g/mol. The molecule has 6 heteroatoms. The standard InChI is InChI=1S/C10H16N4O2/c11-9-3-5-13(12-9)6-10(16)14-4-1-2-8(14)7-15/h3,5,8,15H,1-2,4,6-7H2,(H2,11,12)/t8-/m1/s1. The van der Waals surface area contributed by atoms with Gasteiger partial charge in [-0.1, -0.05) is 0 Å². The van der Waals surface area contributed by atoms with Crippen LogP contribution in [0.2, 0.25) is 0 Å². The number of aliphatic hydroxyl groups is 1. The van der Waals surface area contributed by atoms with Crippen molar-refractivity contribution in [3.8, 4) is 0 Å². The zero-order valence-electron chi connectivity index (χ0n) is 9.04. The number of hydrogen-bond donors (Lipinski definition) is 2. The first kappa shape index (κ1) is 10.9. The van der Waals surface area contributed by atoms with Gasteiger partial charge in [0.15, 0.2) is 0 Å². The Hall–Kier alpha value is -1.56. The summed E-state index contributed by atoms with van der Waals surface area (Å²) in [6.45, 7) is 0.946. The Balaban J connectivity index is 1.97. The molecule has 1 fully saturated rings. The van der Waals surface area contributed by atoms with E-state index in [1.807, 2.05) is 0 Å².